The van der Waals surface area contributed by atoms with Crippen LogP contribution in [0.2, 0.25) is 0 Å². The lowest BCUT2D eigenvalue weighted by Gasteiger charge is -2.26. The fourth-order valence-electron chi connectivity index (χ4n) is 1.46. The Balaban J connectivity index is 2.69. The van der Waals surface area contributed by atoms with Crippen LogP contribution < -0.4 is 15.4 Å². The van der Waals surface area contributed by atoms with Gasteiger partial charge >= 0.3 is 12.6 Å². The number of anilines is 1. The topological polar surface area (TPSA) is 70.6 Å². The van der Waals surface area contributed by atoms with Crippen LogP contribution in [0.4, 0.5) is 23.7 Å². The van der Waals surface area contributed by atoms with E-state index in [2.05, 4.69) is 15.4 Å². The van der Waals surface area contributed by atoms with Gasteiger partial charge in [-0.2, -0.15) is 8.78 Å². The Kier molecular flexibility index (Phi) is 6.04. The van der Waals surface area contributed by atoms with Gasteiger partial charge in [-0.3, -0.25) is 0 Å². The summed E-state index contributed by atoms with van der Waals surface area (Å²) in [6.07, 6.45) is -0.803. The van der Waals surface area contributed by atoms with Crippen LogP contribution >= 0.6 is 0 Å². The van der Waals surface area contributed by atoms with Crippen LogP contribution in [0.5, 0.6) is 5.75 Å². The molecule has 0 aromatic heterocycles. The van der Waals surface area contributed by atoms with Gasteiger partial charge in [0.15, 0.2) is 0 Å². The minimum Gasteiger partial charge on any atom is -0.433 e. The van der Waals surface area contributed by atoms with Crippen molar-refractivity contribution in [3.8, 4) is 5.75 Å². The zero-order chi connectivity index (χ0) is 16.9. The number of halogens is 3. The second-order valence-corrected chi connectivity index (χ2v) is 5.74. The first-order valence-electron chi connectivity index (χ1n) is 6.57. The quantitative estimate of drug-likeness (QED) is 0.781. The summed E-state index contributed by atoms with van der Waals surface area (Å²) in [5.74, 6) is -1.07. The summed E-state index contributed by atoms with van der Waals surface area (Å²) < 4.78 is 41.8. The number of alkyl halides is 2. The Morgan fingerprint density at radius 3 is 2.55 bits per heavy atom. The van der Waals surface area contributed by atoms with E-state index in [1.807, 2.05) is 0 Å². The van der Waals surface area contributed by atoms with Crippen LogP contribution in [0.25, 0.3) is 0 Å². The predicted molar refractivity (Wildman–Crippen MR) is 75.5 cm³/mol. The molecule has 0 heterocycles. The second-order valence-electron chi connectivity index (χ2n) is 5.74. The summed E-state index contributed by atoms with van der Waals surface area (Å²) in [7, 11) is 0. The molecule has 1 rings (SSSR count). The predicted octanol–water partition coefficient (Wildman–Crippen LogP) is 2.96. The number of hydrogen-bond acceptors (Lipinski definition) is 3. The van der Waals surface area contributed by atoms with Crippen molar-refractivity contribution in [2.24, 2.45) is 5.41 Å². The average Bonchev–Trinajstić information content (AvgIpc) is 2.37. The Bertz CT molecular complexity index is 519. The minimum absolute atomic E-state index is 0.0459. The first-order chi connectivity index (χ1) is 10.1. The molecule has 0 aliphatic heterocycles. The maximum atomic E-state index is 13.2. The Morgan fingerprint density at radius 1 is 1.36 bits per heavy atom. The summed E-state index contributed by atoms with van der Waals surface area (Å²) in [4.78, 5) is 11.7. The van der Waals surface area contributed by atoms with Gasteiger partial charge < -0.3 is 20.5 Å². The number of benzene rings is 1. The number of carbonyl (C=O) groups is 1. The fourth-order valence-corrected chi connectivity index (χ4v) is 1.46. The monoisotopic (exact) mass is 320 g/mol. The normalized spacial score (nSPS) is 12.9. The molecule has 0 saturated heterocycles. The molecule has 8 heteroatoms. The molecule has 0 aliphatic rings. The lowest BCUT2D eigenvalue weighted by atomic mass is 9.89. The molecule has 1 unspecified atom stereocenters. The number of urea groups is 1. The van der Waals surface area contributed by atoms with Crippen molar-refractivity contribution in [1.82, 2.24) is 5.32 Å². The number of ether oxygens (including phenoxy) is 1. The van der Waals surface area contributed by atoms with Crippen molar-refractivity contribution in [2.75, 3.05) is 11.9 Å². The van der Waals surface area contributed by atoms with Gasteiger partial charge in [0.05, 0.1) is 11.8 Å². The molecule has 1 aromatic rings. The summed E-state index contributed by atoms with van der Waals surface area (Å²) in [6, 6.07) is 2.01. The first-order valence-corrected chi connectivity index (χ1v) is 6.57. The summed E-state index contributed by atoms with van der Waals surface area (Å²) in [6.45, 7) is 2.22. The van der Waals surface area contributed by atoms with Gasteiger partial charge in [-0.15, -0.1) is 0 Å². The molecule has 5 nitrogen and oxygen atoms in total. The maximum absolute atomic E-state index is 13.2. The molecule has 0 saturated carbocycles. The lowest BCUT2D eigenvalue weighted by Crippen LogP contribution is -2.40. The first kappa shape index (κ1) is 18.1. The number of aliphatic hydroxyl groups is 1. The number of aliphatic hydroxyl groups excluding tert-OH is 1. The van der Waals surface area contributed by atoms with Crippen LogP contribution in [-0.4, -0.2) is 30.4 Å². The smallest absolute Gasteiger partial charge is 0.387 e. The van der Waals surface area contributed by atoms with Gasteiger partial charge in [0.1, 0.15) is 11.6 Å². The molecule has 0 fully saturated rings. The number of carbonyl (C=O) groups excluding carboxylic acids is 1. The van der Waals surface area contributed by atoms with Crippen LogP contribution in [0.3, 0.4) is 0 Å². The molecule has 1 atom stereocenters. The summed E-state index contributed by atoms with van der Waals surface area (Å²) in [5.41, 5.74) is -0.668. The Labute approximate surface area is 126 Å². The van der Waals surface area contributed by atoms with E-state index in [0.29, 0.717) is 0 Å². The van der Waals surface area contributed by atoms with E-state index in [4.69, 9.17) is 0 Å². The van der Waals surface area contributed by atoms with E-state index < -0.39 is 30.0 Å². The molecule has 3 N–H and O–H groups in total. The highest BCUT2D eigenvalue weighted by Gasteiger charge is 2.22. The number of nitrogens with one attached hydrogen (secondary N) is 2. The number of amides is 2. The molecule has 0 radical (unpaired) electrons. The molecule has 22 heavy (non-hydrogen) atoms. The standard InChI is InChI=1S/C14H19F3N2O3/c1-14(2,3)11(20)7-18-13(21)19-9-6-8(15)4-5-10(9)22-12(16)17/h4-6,11-12,20H,7H2,1-3H3,(H2,18,19,21). The summed E-state index contributed by atoms with van der Waals surface area (Å²) >= 11 is 0. The van der Waals surface area contributed by atoms with E-state index in [9.17, 15) is 23.1 Å². The Morgan fingerprint density at radius 2 is 2.00 bits per heavy atom. The van der Waals surface area contributed by atoms with Crippen molar-refractivity contribution >= 4 is 11.7 Å². The van der Waals surface area contributed by atoms with Gasteiger partial charge in [-0.25, -0.2) is 9.18 Å². The Hall–Kier alpha value is -1.96. The molecule has 124 valence electrons. The fraction of sp³-hybridized carbons (Fsp3) is 0.500. The van der Waals surface area contributed by atoms with Crippen LogP contribution in [0, 0.1) is 11.2 Å². The highest BCUT2D eigenvalue weighted by atomic mass is 19.3. The van der Waals surface area contributed by atoms with Crippen LogP contribution in [0.15, 0.2) is 18.2 Å². The zero-order valence-electron chi connectivity index (χ0n) is 12.5. The van der Waals surface area contributed by atoms with Gasteiger partial charge in [0.2, 0.25) is 0 Å². The lowest BCUT2D eigenvalue weighted by molar-refractivity contribution is -0.0494. The highest BCUT2D eigenvalue weighted by Crippen LogP contribution is 2.27. The van der Waals surface area contributed by atoms with E-state index in [1.54, 1.807) is 20.8 Å². The van der Waals surface area contributed by atoms with E-state index >= 15 is 0 Å². The van der Waals surface area contributed by atoms with Gasteiger partial charge in [-0.1, -0.05) is 20.8 Å². The summed E-state index contributed by atoms with van der Waals surface area (Å²) in [5, 5.41) is 14.4. The maximum Gasteiger partial charge on any atom is 0.387 e. The van der Waals surface area contributed by atoms with Gasteiger partial charge in [0.25, 0.3) is 0 Å². The third kappa shape index (κ3) is 5.80. The van der Waals surface area contributed by atoms with E-state index in [0.717, 1.165) is 18.2 Å². The van der Waals surface area contributed by atoms with Gasteiger partial charge in [0, 0.05) is 12.6 Å². The van der Waals surface area contributed by atoms with Gasteiger partial charge in [-0.05, 0) is 17.5 Å². The number of hydrogen-bond donors (Lipinski definition) is 3. The van der Waals surface area contributed by atoms with Crippen molar-refractivity contribution in [3.05, 3.63) is 24.0 Å². The second kappa shape index (κ2) is 7.35. The van der Waals surface area contributed by atoms with Crippen LogP contribution in [-0.2, 0) is 0 Å². The van der Waals surface area contributed by atoms with E-state index in [-0.39, 0.29) is 18.0 Å². The molecular weight excluding hydrogens is 301 g/mol. The van der Waals surface area contributed by atoms with Crippen molar-refractivity contribution in [3.63, 3.8) is 0 Å². The van der Waals surface area contributed by atoms with Crippen molar-refractivity contribution < 1.29 is 27.8 Å². The largest absolute Gasteiger partial charge is 0.433 e. The zero-order valence-corrected chi connectivity index (χ0v) is 12.5. The van der Waals surface area contributed by atoms with Crippen LogP contribution in [0.1, 0.15) is 20.8 Å². The molecule has 0 bridgehead atoms. The van der Waals surface area contributed by atoms with Crippen molar-refractivity contribution in [1.29, 1.82) is 0 Å². The van der Waals surface area contributed by atoms with Crippen molar-refractivity contribution in [2.45, 2.75) is 33.5 Å². The third-order valence-corrected chi connectivity index (χ3v) is 2.86. The minimum atomic E-state index is -3.10. The SMILES string of the molecule is CC(C)(C)C(O)CNC(=O)Nc1cc(F)ccc1OC(F)F. The third-order valence-electron chi connectivity index (χ3n) is 2.86. The number of rotatable bonds is 5. The molecule has 1 aromatic carbocycles. The molecule has 0 aliphatic carbocycles. The molecular formula is C14H19F3N2O3. The highest BCUT2D eigenvalue weighted by molar-refractivity contribution is 5.90. The molecule has 0 spiro atoms. The molecule has 2 amide bonds. The average molecular weight is 320 g/mol. The van der Waals surface area contributed by atoms with E-state index in [1.165, 1.54) is 0 Å².